The van der Waals surface area contributed by atoms with Gasteiger partial charge in [0, 0.05) is 24.6 Å². The Morgan fingerprint density at radius 3 is 2.71 bits per heavy atom. The van der Waals surface area contributed by atoms with Crippen LogP contribution in [0.3, 0.4) is 0 Å². The first-order chi connectivity index (χ1) is 16.3. The molecule has 0 aliphatic heterocycles. The van der Waals surface area contributed by atoms with Gasteiger partial charge in [0.15, 0.2) is 0 Å². The molecule has 0 unspecified atom stereocenters. The molecule has 0 radical (unpaired) electrons. The van der Waals surface area contributed by atoms with Gasteiger partial charge in [-0.25, -0.2) is 9.50 Å². The largest absolute Gasteiger partial charge is 0.474 e. The lowest BCUT2D eigenvalue weighted by Crippen LogP contribution is -2.24. The molecule has 0 spiro atoms. The van der Waals surface area contributed by atoms with Crippen molar-refractivity contribution in [2.75, 3.05) is 20.3 Å². The van der Waals surface area contributed by atoms with Crippen LogP contribution in [0, 0.1) is 6.92 Å². The average Bonchev–Trinajstić information content (AvgIpc) is 3.47. The van der Waals surface area contributed by atoms with Gasteiger partial charge in [0.2, 0.25) is 11.8 Å². The van der Waals surface area contributed by atoms with Gasteiger partial charge >= 0.3 is 0 Å². The molecule has 1 amide bonds. The summed E-state index contributed by atoms with van der Waals surface area (Å²) < 4.78 is 17.7. The van der Waals surface area contributed by atoms with Crippen LogP contribution in [-0.2, 0) is 16.7 Å². The number of amides is 1. The highest BCUT2D eigenvalue weighted by Gasteiger charge is 2.24. The Morgan fingerprint density at radius 1 is 1.18 bits per heavy atom. The number of nitrogens with one attached hydrogen (secondary N) is 1. The van der Waals surface area contributed by atoms with E-state index in [-0.39, 0.29) is 17.1 Å². The molecule has 4 rings (SSSR count). The molecule has 0 fully saturated rings. The first-order valence-corrected chi connectivity index (χ1v) is 10.9. The summed E-state index contributed by atoms with van der Waals surface area (Å²) in [5.74, 6) is 0.528. The second-order valence-corrected chi connectivity index (χ2v) is 8.93. The molecule has 0 aliphatic rings. The fraction of sp³-hybridized carbons (Fsp3) is 0.375. The number of nitrogens with zero attached hydrogens (tertiary/aromatic N) is 5. The fourth-order valence-electron chi connectivity index (χ4n) is 3.33. The molecule has 10 heteroatoms. The van der Waals surface area contributed by atoms with E-state index in [1.54, 1.807) is 24.0 Å². The molecule has 0 bridgehead atoms. The first kappa shape index (κ1) is 23.4. The highest BCUT2D eigenvalue weighted by Crippen LogP contribution is 2.27. The van der Waals surface area contributed by atoms with Gasteiger partial charge in [0.25, 0.3) is 11.7 Å². The quantitative estimate of drug-likeness (QED) is 0.395. The van der Waals surface area contributed by atoms with E-state index in [1.165, 1.54) is 0 Å². The zero-order valence-electron chi connectivity index (χ0n) is 20.0. The molecule has 0 saturated carbocycles. The van der Waals surface area contributed by atoms with E-state index in [2.05, 4.69) is 25.5 Å². The van der Waals surface area contributed by atoms with Crippen LogP contribution >= 0.6 is 0 Å². The lowest BCUT2D eigenvalue weighted by Gasteiger charge is -2.12. The lowest BCUT2D eigenvalue weighted by atomic mass is 9.97. The summed E-state index contributed by atoms with van der Waals surface area (Å²) in [5, 5.41) is 11.0. The number of aryl methyl sites for hydroxylation is 1. The summed E-state index contributed by atoms with van der Waals surface area (Å²) in [4.78, 5) is 21.4. The molecule has 3 heterocycles. The predicted molar refractivity (Wildman–Crippen MR) is 125 cm³/mol. The predicted octanol–water partition coefficient (Wildman–Crippen LogP) is 3.34. The molecule has 0 saturated heterocycles. The molecule has 0 aliphatic carbocycles. The van der Waals surface area contributed by atoms with Crippen molar-refractivity contribution in [2.45, 2.75) is 39.7 Å². The number of ether oxygens (including phenoxy) is 2. The van der Waals surface area contributed by atoms with Crippen molar-refractivity contribution < 1.29 is 18.8 Å². The molecule has 3 aromatic heterocycles. The van der Waals surface area contributed by atoms with Gasteiger partial charge < -0.3 is 19.3 Å². The van der Waals surface area contributed by atoms with Gasteiger partial charge in [0.05, 0.1) is 24.5 Å². The number of hydrogen-bond donors (Lipinski definition) is 1. The van der Waals surface area contributed by atoms with Crippen LogP contribution in [-0.4, -0.2) is 51.0 Å². The van der Waals surface area contributed by atoms with E-state index in [0.717, 1.165) is 27.9 Å². The number of fused-ring (bicyclic) bond motifs is 1. The molecule has 1 N–H and O–H groups in total. The Labute approximate surface area is 197 Å². The second kappa shape index (κ2) is 9.60. The van der Waals surface area contributed by atoms with Crippen LogP contribution < -0.4 is 10.1 Å². The third-order valence-corrected chi connectivity index (χ3v) is 5.23. The summed E-state index contributed by atoms with van der Waals surface area (Å²) in [6.45, 7) is 9.02. The van der Waals surface area contributed by atoms with Gasteiger partial charge in [-0.2, -0.15) is 10.1 Å². The second-order valence-electron chi connectivity index (χ2n) is 8.93. The average molecular weight is 465 g/mol. The van der Waals surface area contributed by atoms with Crippen molar-refractivity contribution in [3.63, 3.8) is 0 Å². The van der Waals surface area contributed by atoms with Gasteiger partial charge in [-0.05, 0) is 30.2 Å². The van der Waals surface area contributed by atoms with Gasteiger partial charge in [-0.3, -0.25) is 4.79 Å². The first-order valence-electron chi connectivity index (χ1n) is 10.9. The number of carbonyl (C=O) groups is 1. The Morgan fingerprint density at radius 2 is 2.00 bits per heavy atom. The van der Waals surface area contributed by atoms with Crippen LogP contribution in [0.1, 0.15) is 48.4 Å². The molecule has 10 nitrogen and oxygen atoms in total. The maximum atomic E-state index is 12.5. The summed E-state index contributed by atoms with van der Waals surface area (Å²) in [7, 11) is 1.62. The standard InChI is InChI=1S/C24H28N6O4/c1-15-12-16(20-18-8-9-26-30(18)14-19(27-20)33-11-10-32-5)6-7-17(15)13-25-22(31)21-28-23(34-29-21)24(2,3)4/h6-9,12,14H,10-11,13H2,1-5H3,(H,25,31). The van der Waals surface area contributed by atoms with Gasteiger partial charge in [0.1, 0.15) is 12.3 Å². The van der Waals surface area contributed by atoms with Gasteiger partial charge in [-0.15, -0.1) is 0 Å². The Balaban J connectivity index is 1.51. The topological polar surface area (TPSA) is 117 Å². The minimum atomic E-state index is -0.383. The molecule has 34 heavy (non-hydrogen) atoms. The smallest absolute Gasteiger partial charge is 0.292 e. The number of carbonyl (C=O) groups excluding carboxylic acids is 1. The van der Waals surface area contributed by atoms with Crippen LogP contribution in [0.15, 0.2) is 41.2 Å². The Bertz CT molecular complexity index is 1300. The Kier molecular flexibility index (Phi) is 6.60. The van der Waals surface area contributed by atoms with E-state index in [4.69, 9.17) is 14.0 Å². The summed E-state index contributed by atoms with van der Waals surface area (Å²) in [5.41, 5.74) is 4.20. The van der Waals surface area contributed by atoms with Crippen molar-refractivity contribution >= 4 is 11.4 Å². The molecular formula is C24H28N6O4. The normalized spacial score (nSPS) is 11.7. The van der Waals surface area contributed by atoms with E-state index in [1.807, 2.05) is 52.0 Å². The highest BCUT2D eigenvalue weighted by molar-refractivity contribution is 5.90. The molecule has 0 atom stereocenters. The molecular weight excluding hydrogens is 436 g/mol. The van der Waals surface area contributed by atoms with Crippen molar-refractivity contribution in [1.82, 2.24) is 30.1 Å². The maximum Gasteiger partial charge on any atom is 0.292 e. The maximum absolute atomic E-state index is 12.5. The number of methoxy groups -OCH3 is 1. The Hall–Kier alpha value is -3.79. The fourth-order valence-corrected chi connectivity index (χ4v) is 3.33. The number of rotatable bonds is 8. The third-order valence-electron chi connectivity index (χ3n) is 5.23. The molecule has 4 aromatic rings. The van der Waals surface area contributed by atoms with Gasteiger partial charge in [-0.1, -0.05) is 38.1 Å². The molecule has 178 valence electrons. The minimum absolute atomic E-state index is 0.0248. The zero-order chi connectivity index (χ0) is 24.3. The van der Waals surface area contributed by atoms with E-state index in [9.17, 15) is 4.79 Å². The molecule has 1 aromatic carbocycles. The van der Waals surface area contributed by atoms with Crippen LogP contribution in [0.25, 0.3) is 16.8 Å². The number of benzene rings is 1. The number of aromatic nitrogens is 5. The van der Waals surface area contributed by atoms with Crippen molar-refractivity contribution in [3.05, 3.63) is 59.5 Å². The summed E-state index contributed by atoms with van der Waals surface area (Å²) in [6, 6.07) is 7.87. The van der Waals surface area contributed by atoms with E-state index >= 15 is 0 Å². The van der Waals surface area contributed by atoms with Crippen LogP contribution in [0.4, 0.5) is 0 Å². The van der Waals surface area contributed by atoms with E-state index < -0.39 is 0 Å². The van der Waals surface area contributed by atoms with Crippen molar-refractivity contribution in [2.24, 2.45) is 0 Å². The monoisotopic (exact) mass is 464 g/mol. The summed E-state index contributed by atoms with van der Waals surface area (Å²) in [6.07, 6.45) is 3.47. The van der Waals surface area contributed by atoms with Crippen LogP contribution in [0.2, 0.25) is 0 Å². The summed E-state index contributed by atoms with van der Waals surface area (Å²) >= 11 is 0. The minimum Gasteiger partial charge on any atom is -0.474 e. The SMILES string of the molecule is COCCOc1cn2nccc2c(-c2ccc(CNC(=O)c3noc(C(C)(C)C)n3)c(C)c2)n1. The highest BCUT2D eigenvalue weighted by atomic mass is 16.5. The number of hydrogen-bond acceptors (Lipinski definition) is 8. The van der Waals surface area contributed by atoms with Crippen molar-refractivity contribution in [3.8, 4) is 17.1 Å². The van der Waals surface area contributed by atoms with Crippen molar-refractivity contribution in [1.29, 1.82) is 0 Å². The van der Waals surface area contributed by atoms with E-state index in [0.29, 0.717) is 31.5 Å². The zero-order valence-corrected chi connectivity index (χ0v) is 20.0. The lowest BCUT2D eigenvalue weighted by molar-refractivity contribution is 0.0937. The third kappa shape index (κ3) is 5.07. The van der Waals surface area contributed by atoms with Crippen LogP contribution in [0.5, 0.6) is 5.88 Å².